The number of nitrogens with zero attached hydrogens (tertiary/aromatic N) is 1. The van der Waals surface area contributed by atoms with Gasteiger partial charge >= 0.3 is 5.97 Å². The molecule has 0 spiro atoms. The highest BCUT2D eigenvalue weighted by atomic mass is 16.4. The highest BCUT2D eigenvalue weighted by Crippen LogP contribution is 2.04. The highest BCUT2D eigenvalue weighted by molar-refractivity contribution is 6.35. The van der Waals surface area contributed by atoms with E-state index in [1.165, 1.54) is 0 Å². The molecule has 0 bridgehead atoms. The molecule has 1 aromatic carbocycles. The molecule has 4 heteroatoms. The van der Waals surface area contributed by atoms with Crippen molar-refractivity contribution in [1.29, 1.82) is 0 Å². The first kappa shape index (κ1) is 10.2. The predicted octanol–water partition coefficient (Wildman–Crippen LogP) is 1.95. The number of rotatable bonds is 4. The largest absolute Gasteiger partial charge is 0.477 e. The van der Waals surface area contributed by atoms with Crippen molar-refractivity contribution >= 4 is 17.4 Å². The first-order chi connectivity index (χ1) is 6.74. The number of carbonyl (C=O) groups is 1. The predicted molar refractivity (Wildman–Crippen MR) is 55.4 cm³/mol. The van der Waals surface area contributed by atoms with Gasteiger partial charge in [0.25, 0.3) is 0 Å². The molecule has 0 aliphatic heterocycles. The second-order valence-corrected chi connectivity index (χ2v) is 2.70. The summed E-state index contributed by atoms with van der Waals surface area (Å²) >= 11 is 0. The Bertz CT molecular complexity index is 333. The van der Waals surface area contributed by atoms with Crippen LogP contribution in [0, 0.1) is 0 Å². The van der Waals surface area contributed by atoms with Crippen molar-refractivity contribution in [3.8, 4) is 0 Å². The lowest BCUT2D eigenvalue weighted by Crippen LogP contribution is -2.13. The van der Waals surface area contributed by atoms with E-state index in [4.69, 9.17) is 5.11 Å². The van der Waals surface area contributed by atoms with Gasteiger partial charge in [-0.25, -0.2) is 4.79 Å². The fourth-order valence-corrected chi connectivity index (χ4v) is 0.923. The van der Waals surface area contributed by atoms with E-state index in [1.54, 1.807) is 6.92 Å². The molecule has 0 amide bonds. The zero-order valence-electron chi connectivity index (χ0n) is 7.90. The van der Waals surface area contributed by atoms with Crippen molar-refractivity contribution in [2.45, 2.75) is 13.3 Å². The van der Waals surface area contributed by atoms with E-state index in [1.807, 2.05) is 30.3 Å². The summed E-state index contributed by atoms with van der Waals surface area (Å²) in [6.45, 7) is 1.75. The maximum absolute atomic E-state index is 10.6. The first-order valence-corrected chi connectivity index (χ1v) is 4.35. The molecule has 74 valence electrons. The van der Waals surface area contributed by atoms with Gasteiger partial charge in [0.1, 0.15) is 5.71 Å². The summed E-state index contributed by atoms with van der Waals surface area (Å²) in [7, 11) is 0. The van der Waals surface area contributed by atoms with Crippen LogP contribution in [0.15, 0.2) is 35.4 Å². The molecule has 4 nitrogen and oxygen atoms in total. The number of nitrogens with one attached hydrogen (secondary N) is 1. The summed E-state index contributed by atoms with van der Waals surface area (Å²) in [6, 6.07) is 9.22. The normalized spacial score (nSPS) is 11.1. The van der Waals surface area contributed by atoms with Crippen LogP contribution >= 0.6 is 0 Å². The average Bonchev–Trinajstić information content (AvgIpc) is 2.20. The molecular weight excluding hydrogens is 180 g/mol. The van der Waals surface area contributed by atoms with Crippen molar-refractivity contribution in [3.05, 3.63) is 30.3 Å². The number of hydrazone groups is 1. The van der Waals surface area contributed by atoms with Crippen LogP contribution in [-0.2, 0) is 4.79 Å². The minimum Gasteiger partial charge on any atom is -0.477 e. The Morgan fingerprint density at radius 1 is 1.43 bits per heavy atom. The third kappa shape index (κ3) is 2.90. The van der Waals surface area contributed by atoms with Crippen molar-refractivity contribution in [2.24, 2.45) is 5.10 Å². The van der Waals surface area contributed by atoms with Gasteiger partial charge in [-0.1, -0.05) is 25.1 Å². The zero-order chi connectivity index (χ0) is 10.4. The van der Waals surface area contributed by atoms with Crippen molar-refractivity contribution < 1.29 is 9.90 Å². The third-order valence-corrected chi connectivity index (χ3v) is 1.68. The maximum atomic E-state index is 10.6. The van der Waals surface area contributed by atoms with Crippen LogP contribution in [0.3, 0.4) is 0 Å². The Morgan fingerprint density at radius 3 is 2.57 bits per heavy atom. The minimum atomic E-state index is -0.990. The van der Waals surface area contributed by atoms with E-state index in [0.717, 1.165) is 5.69 Å². The van der Waals surface area contributed by atoms with Crippen LogP contribution in [0.4, 0.5) is 5.69 Å². The maximum Gasteiger partial charge on any atom is 0.352 e. The van der Waals surface area contributed by atoms with Gasteiger partial charge in [0.05, 0.1) is 5.69 Å². The van der Waals surface area contributed by atoms with Crippen LogP contribution in [0.5, 0.6) is 0 Å². The van der Waals surface area contributed by atoms with Crippen LogP contribution in [0.25, 0.3) is 0 Å². The summed E-state index contributed by atoms with van der Waals surface area (Å²) in [4.78, 5) is 10.6. The Balaban J connectivity index is 2.66. The SMILES string of the molecule is CCC(=NNc1ccccc1)C(=O)O. The van der Waals surface area contributed by atoms with Crippen LogP contribution in [0.2, 0.25) is 0 Å². The molecule has 2 N–H and O–H groups in total. The lowest BCUT2D eigenvalue weighted by Gasteiger charge is -2.00. The molecule has 14 heavy (non-hydrogen) atoms. The van der Waals surface area contributed by atoms with Crippen LogP contribution in [0.1, 0.15) is 13.3 Å². The summed E-state index contributed by atoms with van der Waals surface area (Å²) in [6.07, 6.45) is 0.398. The number of carboxylic acids is 1. The van der Waals surface area contributed by atoms with Crippen LogP contribution < -0.4 is 5.43 Å². The minimum absolute atomic E-state index is 0.119. The Kier molecular flexibility index (Phi) is 3.67. The lowest BCUT2D eigenvalue weighted by atomic mass is 10.3. The van der Waals surface area contributed by atoms with Gasteiger partial charge < -0.3 is 5.11 Å². The van der Waals surface area contributed by atoms with Gasteiger partial charge in [-0.3, -0.25) is 5.43 Å². The number of benzene rings is 1. The van der Waals surface area contributed by atoms with Gasteiger partial charge in [-0.05, 0) is 18.6 Å². The summed E-state index contributed by atoms with van der Waals surface area (Å²) < 4.78 is 0. The fourth-order valence-electron chi connectivity index (χ4n) is 0.923. The van der Waals surface area contributed by atoms with E-state index in [-0.39, 0.29) is 5.71 Å². The molecule has 1 rings (SSSR count). The second-order valence-electron chi connectivity index (χ2n) is 2.70. The third-order valence-electron chi connectivity index (χ3n) is 1.68. The van der Waals surface area contributed by atoms with E-state index < -0.39 is 5.97 Å². The lowest BCUT2D eigenvalue weighted by molar-refractivity contribution is -0.129. The van der Waals surface area contributed by atoms with E-state index >= 15 is 0 Å². The molecule has 0 radical (unpaired) electrons. The van der Waals surface area contributed by atoms with E-state index in [2.05, 4.69) is 10.5 Å². The molecule has 0 saturated carbocycles. The summed E-state index contributed by atoms with van der Waals surface area (Å²) in [5.74, 6) is -0.990. The quantitative estimate of drug-likeness (QED) is 0.566. The van der Waals surface area contributed by atoms with Gasteiger partial charge in [-0.2, -0.15) is 5.10 Å². The Hall–Kier alpha value is -1.84. The van der Waals surface area contributed by atoms with Crippen LogP contribution in [-0.4, -0.2) is 16.8 Å². The highest BCUT2D eigenvalue weighted by Gasteiger charge is 2.05. The molecule has 0 unspecified atom stereocenters. The zero-order valence-corrected chi connectivity index (χ0v) is 7.90. The number of aliphatic carboxylic acids is 1. The van der Waals surface area contributed by atoms with Gasteiger partial charge in [0.2, 0.25) is 0 Å². The summed E-state index contributed by atoms with van der Waals surface area (Å²) in [5, 5.41) is 12.5. The average molecular weight is 192 g/mol. The molecule has 0 heterocycles. The van der Waals surface area contributed by atoms with E-state index in [9.17, 15) is 4.79 Å². The standard InChI is InChI=1S/C10H12N2O2/c1-2-9(10(13)14)12-11-8-6-4-3-5-7-8/h3-7,11H,2H2,1H3,(H,13,14). The Morgan fingerprint density at radius 2 is 2.07 bits per heavy atom. The number of anilines is 1. The molecule has 0 atom stereocenters. The van der Waals surface area contributed by atoms with Gasteiger partial charge in [0.15, 0.2) is 0 Å². The Labute approximate surface area is 82.3 Å². The monoisotopic (exact) mass is 192 g/mol. The number of para-hydroxylation sites is 1. The second kappa shape index (κ2) is 5.01. The molecular formula is C10H12N2O2. The number of hydrogen-bond donors (Lipinski definition) is 2. The fraction of sp³-hybridized carbons (Fsp3) is 0.200. The summed E-state index contributed by atoms with van der Waals surface area (Å²) in [5.41, 5.74) is 3.58. The molecule has 0 aromatic heterocycles. The number of hydrogen-bond acceptors (Lipinski definition) is 3. The molecule has 0 saturated heterocycles. The van der Waals surface area contributed by atoms with Gasteiger partial charge in [0, 0.05) is 0 Å². The molecule has 0 aliphatic carbocycles. The van der Waals surface area contributed by atoms with Crippen molar-refractivity contribution in [3.63, 3.8) is 0 Å². The van der Waals surface area contributed by atoms with Crippen molar-refractivity contribution in [2.75, 3.05) is 5.43 Å². The number of carboxylic acid groups (broad SMARTS) is 1. The molecule has 0 fully saturated rings. The van der Waals surface area contributed by atoms with E-state index in [0.29, 0.717) is 6.42 Å². The van der Waals surface area contributed by atoms with Crippen molar-refractivity contribution in [1.82, 2.24) is 0 Å². The first-order valence-electron chi connectivity index (χ1n) is 4.35. The molecule has 1 aromatic rings. The van der Waals surface area contributed by atoms with Gasteiger partial charge in [-0.15, -0.1) is 0 Å². The smallest absolute Gasteiger partial charge is 0.352 e. The topological polar surface area (TPSA) is 61.7 Å². The molecule has 0 aliphatic rings.